The van der Waals surface area contributed by atoms with E-state index in [2.05, 4.69) is 27.1 Å². The molecule has 0 unspecified atom stereocenters. The van der Waals surface area contributed by atoms with E-state index in [1.54, 1.807) is 12.1 Å². The molecule has 1 aliphatic rings. The molecule has 164 valence electrons. The smallest absolute Gasteiger partial charge is 0.369 e. The maximum Gasteiger partial charge on any atom is 0.433 e. The zero-order chi connectivity index (χ0) is 22.3. The standard InChI is InChI=1S/C19H19F3N6O2S/c1-26-6-8-27(9-7-26)12-4-2-11(3-5-12)17(30)25-16-18-28(10-24-16)14(19(20,21)22)13(31-18)15(23)29/h2-5,10H,6-9H2,1H3,(H2,23,29)(H,25,30). The first-order chi connectivity index (χ1) is 14.6. The van der Waals surface area contributed by atoms with Gasteiger partial charge in [0, 0.05) is 37.4 Å². The van der Waals surface area contributed by atoms with Crippen molar-refractivity contribution >= 4 is 39.5 Å². The molecule has 8 nitrogen and oxygen atoms in total. The highest BCUT2D eigenvalue weighted by Crippen LogP contribution is 2.38. The van der Waals surface area contributed by atoms with Crippen LogP contribution in [0.5, 0.6) is 0 Å². The minimum atomic E-state index is -4.80. The number of benzene rings is 1. The first kappa shape index (κ1) is 21.1. The van der Waals surface area contributed by atoms with Gasteiger partial charge < -0.3 is 20.9 Å². The highest BCUT2D eigenvalue weighted by Gasteiger charge is 2.40. The Bertz CT molecular complexity index is 1130. The van der Waals surface area contributed by atoms with Crippen LogP contribution in [0, 0.1) is 0 Å². The number of aromatic nitrogens is 2. The summed E-state index contributed by atoms with van der Waals surface area (Å²) in [6, 6.07) is 6.98. The van der Waals surface area contributed by atoms with E-state index in [9.17, 15) is 22.8 Å². The summed E-state index contributed by atoms with van der Waals surface area (Å²) in [5.41, 5.74) is 5.23. The fraction of sp³-hybridized carbons (Fsp3) is 0.316. The van der Waals surface area contributed by atoms with Gasteiger partial charge in [-0.2, -0.15) is 13.2 Å². The number of fused-ring (bicyclic) bond motifs is 1. The first-order valence-electron chi connectivity index (χ1n) is 9.37. The average molecular weight is 452 g/mol. The zero-order valence-electron chi connectivity index (χ0n) is 16.4. The second kappa shape index (κ2) is 7.85. The van der Waals surface area contributed by atoms with Crippen LogP contribution in [-0.4, -0.2) is 59.3 Å². The van der Waals surface area contributed by atoms with Gasteiger partial charge in [0.05, 0.1) is 0 Å². The topological polar surface area (TPSA) is 96.0 Å². The van der Waals surface area contributed by atoms with Gasteiger partial charge in [-0.1, -0.05) is 0 Å². The number of nitrogens with one attached hydrogen (secondary N) is 1. The van der Waals surface area contributed by atoms with Crippen molar-refractivity contribution in [3.05, 3.63) is 46.7 Å². The van der Waals surface area contributed by atoms with Crippen molar-refractivity contribution < 1.29 is 22.8 Å². The van der Waals surface area contributed by atoms with Gasteiger partial charge in [-0.05, 0) is 31.3 Å². The van der Waals surface area contributed by atoms with Crippen molar-refractivity contribution in [1.29, 1.82) is 0 Å². The lowest BCUT2D eigenvalue weighted by molar-refractivity contribution is -0.141. The van der Waals surface area contributed by atoms with Crippen LogP contribution in [0.3, 0.4) is 0 Å². The average Bonchev–Trinajstić information content (AvgIpc) is 3.28. The van der Waals surface area contributed by atoms with E-state index < -0.39 is 28.6 Å². The molecule has 1 aliphatic heterocycles. The van der Waals surface area contributed by atoms with E-state index in [4.69, 9.17) is 5.73 Å². The number of carbonyl (C=O) groups is 2. The first-order valence-corrected chi connectivity index (χ1v) is 10.2. The van der Waals surface area contributed by atoms with Gasteiger partial charge in [0.25, 0.3) is 11.8 Å². The highest BCUT2D eigenvalue weighted by atomic mass is 32.1. The Morgan fingerprint density at radius 1 is 1.13 bits per heavy atom. The lowest BCUT2D eigenvalue weighted by atomic mass is 10.1. The zero-order valence-corrected chi connectivity index (χ0v) is 17.3. The Morgan fingerprint density at radius 3 is 2.35 bits per heavy atom. The Hall–Kier alpha value is -3.12. The van der Waals surface area contributed by atoms with Crippen molar-refractivity contribution in [3.8, 4) is 0 Å². The molecule has 0 atom stereocenters. The number of nitrogens with zero attached hydrogens (tertiary/aromatic N) is 4. The Balaban J connectivity index is 1.55. The van der Waals surface area contributed by atoms with Crippen molar-refractivity contribution in [2.45, 2.75) is 6.18 Å². The van der Waals surface area contributed by atoms with E-state index in [0.29, 0.717) is 16.9 Å². The molecule has 0 saturated carbocycles. The Kier molecular flexibility index (Phi) is 5.35. The predicted molar refractivity (Wildman–Crippen MR) is 111 cm³/mol. The lowest BCUT2D eigenvalue weighted by Gasteiger charge is -2.34. The van der Waals surface area contributed by atoms with Gasteiger partial charge in [-0.15, -0.1) is 11.3 Å². The molecule has 0 spiro atoms. The van der Waals surface area contributed by atoms with Crippen LogP contribution in [0.2, 0.25) is 0 Å². The molecule has 4 rings (SSSR count). The third kappa shape index (κ3) is 4.08. The molecule has 1 fully saturated rings. The van der Waals surface area contributed by atoms with Gasteiger partial charge in [-0.25, -0.2) is 4.98 Å². The summed E-state index contributed by atoms with van der Waals surface area (Å²) < 4.78 is 40.9. The summed E-state index contributed by atoms with van der Waals surface area (Å²) in [5.74, 6) is -1.79. The van der Waals surface area contributed by atoms with Crippen LogP contribution in [-0.2, 0) is 6.18 Å². The molecule has 3 N–H and O–H groups in total. The Labute approximate surface area is 179 Å². The van der Waals surface area contributed by atoms with Gasteiger partial charge in [-0.3, -0.25) is 14.0 Å². The maximum absolute atomic E-state index is 13.4. The number of alkyl halides is 3. The van der Waals surface area contributed by atoms with Crippen LogP contribution in [0.25, 0.3) is 4.83 Å². The number of hydrogen-bond acceptors (Lipinski definition) is 6. The van der Waals surface area contributed by atoms with Gasteiger partial charge in [0.1, 0.15) is 16.0 Å². The number of carbonyl (C=O) groups excluding carboxylic acids is 2. The summed E-state index contributed by atoms with van der Waals surface area (Å²) in [4.78, 5) is 31.8. The molecule has 31 heavy (non-hydrogen) atoms. The molecule has 0 bridgehead atoms. The van der Waals surface area contributed by atoms with Gasteiger partial charge in [0.2, 0.25) is 0 Å². The number of thiazole rings is 1. The fourth-order valence-electron chi connectivity index (χ4n) is 3.43. The van der Waals surface area contributed by atoms with Crippen LogP contribution < -0.4 is 16.0 Å². The molecular weight excluding hydrogens is 433 g/mol. The SMILES string of the molecule is CN1CCN(c2ccc(C(=O)Nc3ncn4c(C(F)(F)F)c(C(N)=O)sc34)cc2)CC1. The molecule has 1 saturated heterocycles. The number of amides is 2. The summed E-state index contributed by atoms with van der Waals surface area (Å²) >= 11 is 0.531. The quantitative estimate of drug-likeness (QED) is 0.634. The van der Waals surface area contributed by atoms with E-state index in [1.807, 2.05) is 12.1 Å². The highest BCUT2D eigenvalue weighted by molar-refractivity contribution is 7.20. The maximum atomic E-state index is 13.4. The number of nitrogens with two attached hydrogens (primary N) is 1. The lowest BCUT2D eigenvalue weighted by Crippen LogP contribution is -2.44. The van der Waals surface area contributed by atoms with Crippen molar-refractivity contribution in [3.63, 3.8) is 0 Å². The summed E-state index contributed by atoms with van der Waals surface area (Å²) in [6.07, 6.45) is -3.89. The number of primary amides is 1. The number of rotatable bonds is 4. The van der Waals surface area contributed by atoms with Crippen molar-refractivity contribution in [2.75, 3.05) is 43.4 Å². The normalized spacial score (nSPS) is 15.4. The molecular formula is C19H19F3N6O2S. The largest absolute Gasteiger partial charge is 0.433 e. The molecule has 12 heteroatoms. The molecule has 0 radical (unpaired) electrons. The third-order valence-corrected chi connectivity index (χ3v) is 6.28. The summed E-state index contributed by atoms with van der Waals surface area (Å²) in [5, 5.41) is 2.52. The fourth-order valence-corrected chi connectivity index (χ4v) is 4.48. The van der Waals surface area contributed by atoms with Crippen LogP contribution in [0.1, 0.15) is 25.7 Å². The van der Waals surface area contributed by atoms with Crippen LogP contribution in [0.15, 0.2) is 30.6 Å². The summed E-state index contributed by atoms with van der Waals surface area (Å²) in [6.45, 7) is 3.67. The van der Waals surface area contributed by atoms with E-state index in [1.165, 1.54) is 0 Å². The number of halogens is 3. The predicted octanol–water partition coefficient (Wildman–Crippen LogP) is 2.52. The van der Waals surface area contributed by atoms with Gasteiger partial charge in [0.15, 0.2) is 11.5 Å². The number of hydrogen-bond donors (Lipinski definition) is 2. The number of likely N-dealkylation sites (N-methyl/N-ethyl adjacent to an activating group) is 1. The van der Waals surface area contributed by atoms with E-state index in [-0.39, 0.29) is 10.6 Å². The molecule has 2 amide bonds. The minimum Gasteiger partial charge on any atom is -0.369 e. The molecule has 3 heterocycles. The minimum absolute atomic E-state index is 0.0245. The van der Waals surface area contributed by atoms with Crippen LogP contribution >= 0.6 is 11.3 Å². The number of anilines is 2. The second-order valence-electron chi connectivity index (χ2n) is 7.20. The van der Waals surface area contributed by atoms with Crippen LogP contribution in [0.4, 0.5) is 24.7 Å². The molecule has 1 aromatic carbocycles. The number of piperazine rings is 1. The second-order valence-corrected chi connectivity index (χ2v) is 8.20. The van der Waals surface area contributed by atoms with E-state index in [0.717, 1.165) is 42.6 Å². The molecule has 0 aliphatic carbocycles. The van der Waals surface area contributed by atoms with E-state index >= 15 is 0 Å². The monoisotopic (exact) mass is 452 g/mol. The molecule has 3 aromatic rings. The molecule has 2 aromatic heterocycles. The number of imidazole rings is 1. The summed E-state index contributed by atoms with van der Waals surface area (Å²) in [7, 11) is 2.06. The van der Waals surface area contributed by atoms with Gasteiger partial charge >= 0.3 is 6.18 Å². The third-order valence-electron chi connectivity index (χ3n) is 5.10. The van der Waals surface area contributed by atoms with Crippen molar-refractivity contribution in [2.24, 2.45) is 5.73 Å². The van der Waals surface area contributed by atoms with Crippen molar-refractivity contribution in [1.82, 2.24) is 14.3 Å². The Morgan fingerprint density at radius 2 is 1.77 bits per heavy atom.